The molecule has 2 fully saturated rings. The summed E-state index contributed by atoms with van der Waals surface area (Å²) in [5.74, 6) is -0.396. The normalized spacial score (nSPS) is 41.2. The number of ether oxygens (including phenoxy) is 1. The number of hydrogen-bond acceptors (Lipinski definition) is 5. The van der Waals surface area contributed by atoms with Crippen LogP contribution in [0.15, 0.2) is 22.2 Å². The molecule has 1 saturated carbocycles. The Bertz CT molecular complexity index is 507. The van der Waals surface area contributed by atoms with Gasteiger partial charge >= 0.3 is 0 Å². The largest absolute Gasteiger partial charge is 0.394 e. The predicted octanol–water partition coefficient (Wildman–Crippen LogP) is 1.63. The molecule has 136 valence electrons. The van der Waals surface area contributed by atoms with Crippen LogP contribution < -0.4 is 5.32 Å². The molecule has 3 rings (SSSR count). The van der Waals surface area contributed by atoms with Gasteiger partial charge in [-0.1, -0.05) is 48.5 Å². The standard InChI is InChI=1S/C17H25Cl2NO4/c18-10-6-7-11(20-9-4-2-1-3-5-9)13(14(10)19)17-16(23)15(22)12(8-21)24-17/h6-7,9,11-13,15-17,20-23H,1-5,8H2/t11?,12-,13?,15-,16-,17+/m0/s1. The molecule has 0 aromatic heterocycles. The van der Waals surface area contributed by atoms with Gasteiger partial charge in [0.1, 0.15) is 18.3 Å². The Labute approximate surface area is 152 Å². The van der Waals surface area contributed by atoms with Crippen LogP contribution >= 0.6 is 23.2 Å². The molecule has 0 aromatic rings. The Balaban J connectivity index is 1.79. The van der Waals surface area contributed by atoms with Gasteiger partial charge in [0.25, 0.3) is 0 Å². The molecule has 0 bridgehead atoms. The summed E-state index contributed by atoms with van der Waals surface area (Å²) >= 11 is 12.6. The smallest absolute Gasteiger partial charge is 0.111 e. The molecular formula is C17H25Cl2NO4. The summed E-state index contributed by atoms with van der Waals surface area (Å²) in [6.45, 7) is -0.354. The first-order valence-corrected chi connectivity index (χ1v) is 9.40. The molecule has 1 aliphatic heterocycles. The second-order valence-corrected chi connectivity index (χ2v) is 7.73. The Morgan fingerprint density at radius 3 is 2.46 bits per heavy atom. The topological polar surface area (TPSA) is 82.0 Å². The van der Waals surface area contributed by atoms with Gasteiger partial charge in [0, 0.05) is 23.0 Å². The number of rotatable bonds is 4. The molecule has 2 unspecified atom stereocenters. The van der Waals surface area contributed by atoms with Crippen molar-refractivity contribution in [2.45, 2.75) is 68.6 Å². The highest BCUT2D eigenvalue weighted by Gasteiger charge is 2.49. The van der Waals surface area contributed by atoms with Gasteiger partial charge in [0.2, 0.25) is 0 Å². The monoisotopic (exact) mass is 377 g/mol. The zero-order chi connectivity index (χ0) is 17.3. The number of halogens is 2. The molecule has 1 heterocycles. The van der Waals surface area contributed by atoms with Crippen molar-refractivity contribution in [3.8, 4) is 0 Å². The summed E-state index contributed by atoms with van der Waals surface area (Å²) in [4.78, 5) is 0. The Morgan fingerprint density at radius 1 is 1.12 bits per heavy atom. The summed E-state index contributed by atoms with van der Waals surface area (Å²) < 4.78 is 5.71. The average Bonchev–Trinajstić information content (AvgIpc) is 2.87. The van der Waals surface area contributed by atoms with Crippen molar-refractivity contribution in [3.05, 3.63) is 22.2 Å². The highest BCUT2D eigenvalue weighted by molar-refractivity contribution is 6.40. The lowest BCUT2D eigenvalue weighted by Gasteiger charge is -2.37. The average molecular weight is 378 g/mol. The van der Waals surface area contributed by atoms with E-state index in [0.717, 1.165) is 12.8 Å². The molecule has 0 spiro atoms. The minimum Gasteiger partial charge on any atom is -0.394 e. The summed E-state index contributed by atoms with van der Waals surface area (Å²) in [7, 11) is 0. The molecule has 3 aliphatic rings. The van der Waals surface area contributed by atoms with Crippen molar-refractivity contribution >= 4 is 23.2 Å². The van der Waals surface area contributed by atoms with Crippen LogP contribution in [0.2, 0.25) is 0 Å². The second-order valence-electron chi connectivity index (χ2n) is 6.91. The fraction of sp³-hybridized carbons (Fsp3) is 0.765. The van der Waals surface area contributed by atoms with E-state index in [1.165, 1.54) is 19.3 Å². The Kier molecular flexibility index (Phi) is 6.25. The van der Waals surface area contributed by atoms with E-state index in [4.69, 9.17) is 27.9 Å². The predicted molar refractivity (Wildman–Crippen MR) is 92.9 cm³/mol. The molecular weight excluding hydrogens is 353 g/mol. The van der Waals surface area contributed by atoms with E-state index in [-0.39, 0.29) is 12.6 Å². The molecule has 6 atom stereocenters. The maximum Gasteiger partial charge on any atom is 0.111 e. The van der Waals surface area contributed by atoms with Crippen molar-refractivity contribution in [1.29, 1.82) is 0 Å². The first-order chi connectivity index (χ1) is 11.5. The zero-order valence-electron chi connectivity index (χ0n) is 13.4. The molecule has 7 heteroatoms. The fourth-order valence-corrected chi connectivity index (χ4v) is 4.50. The zero-order valence-corrected chi connectivity index (χ0v) is 15.0. The highest BCUT2D eigenvalue weighted by Crippen LogP contribution is 2.39. The number of nitrogens with one attached hydrogen (secondary N) is 1. The number of allylic oxidation sites excluding steroid dienone is 2. The summed E-state index contributed by atoms with van der Waals surface area (Å²) in [6, 6.07) is 0.266. The van der Waals surface area contributed by atoms with Crippen LogP contribution in [0.1, 0.15) is 32.1 Å². The third-order valence-corrected chi connectivity index (χ3v) is 6.21. The maximum atomic E-state index is 10.4. The van der Waals surface area contributed by atoms with Crippen LogP contribution in [0.3, 0.4) is 0 Å². The van der Waals surface area contributed by atoms with Gasteiger partial charge in [-0.3, -0.25) is 0 Å². The van der Waals surface area contributed by atoms with Crippen LogP contribution in [0.4, 0.5) is 0 Å². The lowest BCUT2D eigenvalue weighted by Crippen LogP contribution is -2.50. The third-order valence-electron chi connectivity index (χ3n) is 5.32. The fourth-order valence-electron chi connectivity index (χ4n) is 3.98. The van der Waals surface area contributed by atoms with Crippen molar-refractivity contribution in [3.63, 3.8) is 0 Å². The van der Waals surface area contributed by atoms with Gasteiger partial charge in [-0.05, 0) is 18.9 Å². The van der Waals surface area contributed by atoms with Crippen molar-refractivity contribution in [2.24, 2.45) is 5.92 Å². The first-order valence-electron chi connectivity index (χ1n) is 8.64. The van der Waals surface area contributed by atoms with E-state index < -0.39 is 30.3 Å². The molecule has 2 aliphatic carbocycles. The minimum atomic E-state index is -1.13. The van der Waals surface area contributed by atoms with E-state index in [2.05, 4.69) is 5.32 Å². The first kappa shape index (κ1) is 18.6. The minimum absolute atomic E-state index is 0.132. The van der Waals surface area contributed by atoms with Gasteiger partial charge in [0.05, 0.1) is 17.7 Å². The lowest BCUT2D eigenvalue weighted by atomic mass is 9.84. The molecule has 1 saturated heterocycles. The number of aliphatic hydroxyl groups is 3. The van der Waals surface area contributed by atoms with E-state index in [0.29, 0.717) is 16.1 Å². The van der Waals surface area contributed by atoms with Crippen LogP contribution in [-0.4, -0.2) is 58.4 Å². The highest BCUT2D eigenvalue weighted by atomic mass is 35.5. The maximum absolute atomic E-state index is 10.4. The summed E-state index contributed by atoms with van der Waals surface area (Å²) in [5.41, 5.74) is 0. The van der Waals surface area contributed by atoms with Gasteiger partial charge in [-0.2, -0.15) is 0 Å². The van der Waals surface area contributed by atoms with E-state index in [9.17, 15) is 15.3 Å². The van der Waals surface area contributed by atoms with Gasteiger partial charge in [0.15, 0.2) is 0 Å². The molecule has 5 nitrogen and oxygen atoms in total. The van der Waals surface area contributed by atoms with Crippen molar-refractivity contribution in [2.75, 3.05) is 6.61 Å². The number of hydrogen-bond donors (Lipinski definition) is 4. The van der Waals surface area contributed by atoms with Crippen LogP contribution in [-0.2, 0) is 4.74 Å². The van der Waals surface area contributed by atoms with Gasteiger partial charge < -0.3 is 25.4 Å². The van der Waals surface area contributed by atoms with Gasteiger partial charge in [-0.15, -0.1) is 0 Å². The van der Waals surface area contributed by atoms with E-state index >= 15 is 0 Å². The van der Waals surface area contributed by atoms with Crippen molar-refractivity contribution < 1.29 is 20.1 Å². The third kappa shape index (κ3) is 3.68. The Hall–Kier alpha value is -0.140. The molecule has 24 heavy (non-hydrogen) atoms. The second kappa shape index (κ2) is 8.04. The number of aliphatic hydroxyl groups excluding tert-OH is 3. The summed E-state index contributed by atoms with van der Waals surface area (Å²) in [5, 5.41) is 34.2. The Morgan fingerprint density at radius 2 is 1.83 bits per heavy atom. The van der Waals surface area contributed by atoms with Crippen LogP contribution in [0.5, 0.6) is 0 Å². The van der Waals surface area contributed by atoms with E-state index in [1.54, 1.807) is 6.08 Å². The SMILES string of the molecule is OC[C@@H]1O[C@H](C2C(Cl)=C(Cl)C=CC2NC2CCCCC2)[C@@H](O)[C@H]1O. The molecule has 0 radical (unpaired) electrons. The lowest BCUT2D eigenvalue weighted by molar-refractivity contribution is -0.0401. The molecule has 0 amide bonds. The van der Waals surface area contributed by atoms with E-state index in [1.807, 2.05) is 6.08 Å². The molecule has 0 aromatic carbocycles. The van der Waals surface area contributed by atoms with Gasteiger partial charge in [-0.25, -0.2) is 0 Å². The van der Waals surface area contributed by atoms with Crippen LogP contribution in [0, 0.1) is 5.92 Å². The van der Waals surface area contributed by atoms with Crippen LogP contribution in [0.25, 0.3) is 0 Å². The molecule has 4 N–H and O–H groups in total. The summed E-state index contributed by atoms with van der Waals surface area (Å²) in [6.07, 6.45) is 5.84. The quantitative estimate of drug-likeness (QED) is 0.598. The van der Waals surface area contributed by atoms with Crippen molar-refractivity contribution in [1.82, 2.24) is 5.32 Å².